The van der Waals surface area contributed by atoms with E-state index in [1.807, 2.05) is 5.38 Å². The van der Waals surface area contributed by atoms with Gasteiger partial charge in [-0.25, -0.2) is 14.4 Å². The molecule has 0 bridgehead atoms. The van der Waals surface area contributed by atoms with Gasteiger partial charge in [0.05, 0.1) is 11.1 Å². The molecule has 1 N–H and O–H groups in total. The lowest BCUT2D eigenvalue weighted by molar-refractivity contribution is -0.133. The molecule has 112 valence electrons. The Morgan fingerprint density at radius 1 is 1.32 bits per heavy atom. The van der Waals surface area contributed by atoms with Gasteiger partial charge >= 0.3 is 5.97 Å². The van der Waals surface area contributed by atoms with Gasteiger partial charge in [-0.05, 0) is 17.7 Å². The molecule has 0 aliphatic heterocycles. The summed E-state index contributed by atoms with van der Waals surface area (Å²) >= 11 is 8.63. The molecule has 0 atom stereocenters. The van der Waals surface area contributed by atoms with Crippen molar-refractivity contribution >= 4 is 50.9 Å². The van der Waals surface area contributed by atoms with Gasteiger partial charge in [0.1, 0.15) is 15.8 Å². The van der Waals surface area contributed by atoms with Crippen molar-refractivity contribution in [3.8, 4) is 11.1 Å². The molecule has 2 heterocycles. The summed E-state index contributed by atoms with van der Waals surface area (Å²) in [6.07, 6.45) is 0. The quantitative estimate of drug-likeness (QED) is 0.429. The van der Waals surface area contributed by atoms with Crippen LogP contribution < -0.4 is 0 Å². The lowest BCUT2D eigenvalue weighted by Crippen LogP contribution is -1.99. The second kappa shape index (κ2) is 6.20. The van der Waals surface area contributed by atoms with Crippen LogP contribution in [-0.2, 0) is 4.79 Å². The van der Waals surface area contributed by atoms with E-state index in [1.165, 1.54) is 23.5 Å². The summed E-state index contributed by atoms with van der Waals surface area (Å²) in [4.78, 5) is 19.7. The number of carboxylic acids is 1. The van der Waals surface area contributed by atoms with Crippen LogP contribution in [0.15, 0.2) is 34.8 Å². The van der Waals surface area contributed by atoms with E-state index in [-0.39, 0.29) is 16.7 Å². The number of hydrogen-bond donors (Lipinski definition) is 1. The average Bonchev–Trinajstić information content (AvgIpc) is 2.90. The summed E-state index contributed by atoms with van der Waals surface area (Å²) in [6, 6.07) is 6.09. The Kier molecular flexibility index (Phi) is 4.28. The van der Waals surface area contributed by atoms with E-state index in [1.54, 1.807) is 12.1 Å². The summed E-state index contributed by atoms with van der Waals surface area (Å²) in [5.41, 5.74) is 1.66. The number of hydrogen-bond acceptors (Lipinski definition) is 5. The molecule has 0 unspecified atom stereocenters. The zero-order chi connectivity index (χ0) is 15.7. The lowest BCUT2D eigenvalue weighted by Gasteiger charge is -2.03. The summed E-state index contributed by atoms with van der Waals surface area (Å²) in [5.74, 6) is -1.38. The third-order valence-corrected chi connectivity index (χ3v) is 4.83. The van der Waals surface area contributed by atoms with E-state index >= 15 is 0 Å². The first-order chi connectivity index (χ1) is 10.5. The van der Waals surface area contributed by atoms with E-state index < -0.39 is 5.97 Å². The van der Waals surface area contributed by atoms with Crippen LogP contribution >= 0.6 is 34.7 Å². The van der Waals surface area contributed by atoms with Crippen molar-refractivity contribution in [1.29, 1.82) is 0 Å². The molecule has 0 amide bonds. The van der Waals surface area contributed by atoms with Crippen LogP contribution in [0, 0.1) is 5.82 Å². The van der Waals surface area contributed by atoms with Crippen LogP contribution in [0.25, 0.3) is 21.3 Å². The highest BCUT2D eigenvalue weighted by Gasteiger charge is 2.15. The van der Waals surface area contributed by atoms with Gasteiger partial charge in [0.15, 0.2) is 5.16 Å². The lowest BCUT2D eigenvalue weighted by atomic mass is 10.1. The molecule has 0 aliphatic rings. The number of carboxylic acid groups (broad SMARTS) is 1. The zero-order valence-corrected chi connectivity index (χ0v) is 13.3. The minimum atomic E-state index is -0.942. The molecule has 8 heteroatoms. The van der Waals surface area contributed by atoms with Gasteiger partial charge in [0, 0.05) is 10.9 Å². The van der Waals surface area contributed by atoms with Gasteiger partial charge < -0.3 is 5.11 Å². The number of carbonyl (C=O) groups is 1. The first-order valence-electron chi connectivity index (χ1n) is 6.10. The first kappa shape index (κ1) is 15.2. The maximum Gasteiger partial charge on any atom is 0.313 e. The Hall–Kier alpha value is -1.70. The smallest absolute Gasteiger partial charge is 0.313 e. The zero-order valence-electron chi connectivity index (χ0n) is 10.9. The van der Waals surface area contributed by atoms with Crippen LogP contribution in [0.1, 0.15) is 0 Å². The summed E-state index contributed by atoms with van der Waals surface area (Å²) in [7, 11) is 0. The maximum atomic E-state index is 13.0. The molecule has 1 aromatic carbocycles. The van der Waals surface area contributed by atoms with Crippen molar-refractivity contribution in [2.45, 2.75) is 5.16 Å². The minimum Gasteiger partial charge on any atom is -0.481 e. The molecule has 0 saturated heterocycles. The largest absolute Gasteiger partial charge is 0.481 e. The molecule has 0 aliphatic carbocycles. The van der Waals surface area contributed by atoms with E-state index in [0.29, 0.717) is 15.4 Å². The summed E-state index contributed by atoms with van der Waals surface area (Å²) in [5, 5.41) is 11.9. The Bertz CT molecular complexity index is 852. The number of nitrogens with zero attached hydrogens (tertiary/aromatic N) is 2. The standard InChI is InChI=1S/C14H8ClFN2O2S2/c15-12-11-9(7-1-3-8(16)4-2-7)5-21-13(11)18-14(17-12)22-6-10(19)20/h1-5H,6H2,(H,19,20). The molecular formula is C14H8ClFN2O2S2. The molecule has 3 rings (SSSR count). The van der Waals surface area contributed by atoms with Gasteiger partial charge in [-0.15, -0.1) is 11.3 Å². The fourth-order valence-corrected chi connectivity index (χ4v) is 3.86. The Morgan fingerprint density at radius 3 is 2.73 bits per heavy atom. The topological polar surface area (TPSA) is 63.1 Å². The second-order valence-electron chi connectivity index (χ2n) is 4.32. The molecule has 22 heavy (non-hydrogen) atoms. The highest BCUT2D eigenvalue weighted by molar-refractivity contribution is 7.99. The summed E-state index contributed by atoms with van der Waals surface area (Å²) < 4.78 is 13.0. The highest BCUT2D eigenvalue weighted by Crippen LogP contribution is 2.37. The van der Waals surface area contributed by atoms with E-state index in [2.05, 4.69) is 9.97 Å². The highest BCUT2D eigenvalue weighted by atomic mass is 35.5. The average molecular weight is 355 g/mol. The molecule has 0 spiro atoms. The number of thioether (sulfide) groups is 1. The van der Waals surface area contributed by atoms with Crippen molar-refractivity contribution in [3.05, 3.63) is 40.6 Å². The van der Waals surface area contributed by atoms with Crippen LogP contribution in [0.3, 0.4) is 0 Å². The summed E-state index contributed by atoms with van der Waals surface area (Å²) in [6.45, 7) is 0. The maximum absolute atomic E-state index is 13.0. The Balaban J connectivity index is 2.04. The molecule has 0 saturated carbocycles. The fraction of sp³-hybridized carbons (Fsp3) is 0.0714. The third kappa shape index (κ3) is 3.06. The second-order valence-corrected chi connectivity index (χ2v) is 6.47. The van der Waals surface area contributed by atoms with E-state index in [0.717, 1.165) is 22.9 Å². The SMILES string of the molecule is O=C(O)CSc1nc(Cl)c2c(-c3ccc(F)cc3)csc2n1. The Labute approximate surface area is 138 Å². The number of aromatic nitrogens is 2. The number of rotatable bonds is 4. The molecule has 2 aromatic heterocycles. The van der Waals surface area contributed by atoms with Gasteiger partial charge in [-0.2, -0.15) is 0 Å². The van der Waals surface area contributed by atoms with Crippen LogP contribution in [0.4, 0.5) is 4.39 Å². The molecule has 0 fully saturated rings. The van der Waals surface area contributed by atoms with Crippen LogP contribution in [0.5, 0.6) is 0 Å². The minimum absolute atomic E-state index is 0.127. The van der Waals surface area contributed by atoms with Crippen molar-refractivity contribution in [3.63, 3.8) is 0 Å². The predicted octanol–water partition coefficient (Wildman–Crippen LogP) is 4.33. The van der Waals surface area contributed by atoms with Crippen LogP contribution in [-0.4, -0.2) is 26.8 Å². The van der Waals surface area contributed by atoms with Crippen LogP contribution in [0.2, 0.25) is 5.15 Å². The fourth-order valence-electron chi connectivity index (χ4n) is 1.91. The first-order valence-corrected chi connectivity index (χ1v) is 8.34. The van der Waals surface area contributed by atoms with Gasteiger partial charge in [0.25, 0.3) is 0 Å². The number of benzene rings is 1. The predicted molar refractivity (Wildman–Crippen MR) is 86.2 cm³/mol. The van der Waals surface area contributed by atoms with E-state index in [4.69, 9.17) is 16.7 Å². The van der Waals surface area contributed by atoms with Crippen molar-refractivity contribution < 1.29 is 14.3 Å². The van der Waals surface area contributed by atoms with Crippen molar-refractivity contribution in [2.24, 2.45) is 0 Å². The Morgan fingerprint density at radius 2 is 2.05 bits per heavy atom. The number of halogens is 2. The third-order valence-electron chi connectivity index (χ3n) is 2.85. The molecule has 0 radical (unpaired) electrons. The number of thiophene rings is 1. The number of aliphatic carboxylic acids is 1. The van der Waals surface area contributed by atoms with Gasteiger partial charge in [-0.3, -0.25) is 4.79 Å². The molecule has 4 nitrogen and oxygen atoms in total. The monoisotopic (exact) mass is 354 g/mol. The van der Waals surface area contributed by atoms with Crippen molar-refractivity contribution in [1.82, 2.24) is 9.97 Å². The normalized spacial score (nSPS) is 11.0. The molecular weight excluding hydrogens is 347 g/mol. The molecule has 3 aromatic rings. The number of fused-ring (bicyclic) bond motifs is 1. The van der Waals surface area contributed by atoms with Gasteiger partial charge in [0.2, 0.25) is 0 Å². The van der Waals surface area contributed by atoms with Crippen molar-refractivity contribution in [2.75, 3.05) is 5.75 Å². The van der Waals surface area contributed by atoms with Gasteiger partial charge in [-0.1, -0.05) is 35.5 Å². The van der Waals surface area contributed by atoms with E-state index in [9.17, 15) is 9.18 Å².